The maximum absolute atomic E-state index is 9.96. The molecule has 0 spiro atoms. The molecule has 2 rings (SSSR count). The van der Waals surface area contributed by atoms with Gasteiger partial charge in [0, 0.05) is 6.54 Å². The zero-order valence-electron chi connectivity index (χ0n) is 12.8. The Labute approximate surface area is 122 Å². The van der Waals surface area contributed by atoms with Crippen molar-refractivity contribution >= 4 is 0 Å². The van der Waals surface area contributed by atoms with Crippen molar-refractivity contribution in [3.8, 4) is 0 Å². The van der Waals surface area contributed by atoms with Crippen molar-refractivity contribution in [3.63, 3.8) is 0 Å². The van der Waals surface area contributed by atoms with Gasteiger partial charge in [0.25, 0.3) is 0 Å². The van der Waals surface area contributed by atoms with Crippen LogP contribution in [0.3, 0.4) is 0 Å². The average Bonchev–Trinajstić information content (AvgIpc) is 2.43. The third-order valence-electron chi connectivity index (χ3n) is 4.89. The van der Waals surface area contributed by atoms with Crippen LogP contribution in [0.4, 0.5) is 0 Å². The van der Waals surface area contributed by atoms with E-state index in [1.807, 2.05) is 0 Å². The molecule has 4 heteroatoms. The maximum Gasteiger partial charge on any atom is 0.0897 e. The fourth-order valence-corrected chi connectivity index (χ4v) is 3.47. The SMILES string of the molecule is CCC1CCCCC1OCC(O)CNCC1CC(O)C1. The molecule has 2 fully saturated rings. The molecule has 2 saturated carbocycles. The zero-order chi connectivity index (χ0) is 14.4. The molecule has 0 aliphatic heterocycles. The lowest BCUT2D eigenvalue weighted by molar-refractivity contribution is -0.0504. The van der Waals surface area contributed by atoms with Crippen molar-refractivity contribution in [1.82, 2.24) is 5.32 Å². The van der Waals surface area contributed by atoms with Crippen molar-refractivity contribution in [2.45, 2.75) is 70.2 Å². The van der Waals surface area contributed by atoms with Gasteiger partial charge in [-0.15, -0.1) is 0 Å². The Hall–Kier alpha value is -0.160. The van der Waals surface area contributed by atoms with E-state index < -0.39 is 6.10 Å². The highest BCUT2D eigenvalue weighted by atomic mass is 16.5. The Balaban J connectivity index is 1.53. The van der Waals surface area contributed by atoms with Gasteiger partial charge in [0.1, 0.15) is 0 Å². The average molecular weight is 285 g/mol. The van der Waals surface area contributed by atoms with Crippen molar-refractivity contribution < 1.29 is 14.9 Å². The summed E-state index contributed by atoms with van der Waals surface area (Å²) in [5.74, 6) is 1.27. The van der Waals surface area contributed by atoms with E-state index >= 15 is 0 Å². The first-order valence-corrected chi connectivity index (χ1v) is 8.37. The van der Waals surface area contributed by atoms with Crippen LogP contribution in [0.2, 0.25) is 0 Å². The smallest absolute Gasteiger partial charge is 0.0897 e. The normalized spacial score (nSPS) is 35.5. The van der Waals surface area contributed by atoms with Crippen LogP contribution in [0, 0.1) is 11.8 Å². The van der Waals surface area contributed by atoms with Crippen molar-refractivity contribution in [3.05, 3.63) is 0 Å². The predicted octanol–water partition coefficient (Wildman–Crippen LogP) is 1.69. The predicted molar refractivity (Wildman–Crippen MR) is 79.6 cm³/mol. The van der Waals surface area contributed by atoms with Gasteiger partial charge in [0.05, 0.1) is 24.9 Å². The first kappa shape index (κ1) is 16.2. The van der Waals surface area contributed by atoms with Gasteiger partial charge in [-0.3, -0.25) is 0 Å². The van der Waals surface area contributed by atoms with Crippen LogP contribution in [0.15, 0.2) is 0 Å². The van der Waals surface area contributed by atoms with E-state index in [1.54, 1.807) is 0 Å². The lowest BCUT2D eigenvalue weighted by Gasteiger charge is -2.32. The van der Waals surface area contributed by atoms with Gasteiger partial charge in [0.15, 0.2) is 0 Å². The molecule has 118 valence electrons. The third kappa shape index (κ3) is 4.99. The van der Waals surface area contributed by atoms with Gasteiger partial charge in [-0.25, -0.2) is 0 Å². The summed E-state index contributed by atoms with van der Waals surface area (Å²) in [6, 6.07) is 0. The summed E-state index contributed by atoms with van der Waals surface area (Å²) in [5, 5.41) is 22.4. The van der Waals surface area contributed by atoms with E-state index in [0.717, 1.165) is 25.8 Å². The van der Waals surface area contributed by atoms with Gasteiger partial charge >= 0.3 is 0 Å². The molecule has 0 aromatic heterocycles. The number of aliphatic hydroxyl groups is 2. The molecule has 0 aromatic rings. The van der Waals surface area contributed by atoms with Crippen LogP contribution in [0.5, 0.6) is 0 Å². The fourth-order valence-electron chi connectivity index (χ4n) is 3.47. The molecule has 0 aromatic carbocycles. The Morgan fingerprint density at radius 1 is 1.25 bits per heavy atom. The van der Waals surface area contributed by atoms with E-state index in [0.29, 0.717) is 31.1 Å². The number of nitrogens with one attached hydrogen (secondary N) is 1. The quantitative estimate of drug-likeness (QED) is 0.635. The number of rotatable bonds is 8. The van der Waals surface area contributed by atoms with Crippen molar-refractivity contribution in [2.75, 3.05) is 19.7 Å². The van der Waals surface area contributed by atoms with E-state index in [1.165, 1.54) is 25.7 Å². The van der Waals surface area contributed by atoms with Gasteiger partial charge in [0.2, 0.25) is 0 Å². The minimum absolute atomic E-state index is 0.0904. The van der Waals surface area contributed by atoms with Gasteiger partial charge in [-0.2, -0.15) is 0 Å². The third-order valence-corrected chi connectivity index (χ3v) is 4.89. The second-order valence-electron chi connectivity index (χ2n) is 6.63. The Kier molecular flexibility index (Phi) is 6.75. The summed E-state index contributed by atoms with van der Waals surface area (Å²) in [7, 11) is 0. The second kappa shape index (κ2) is 8.32. The topological polar surface area (TPSA) is 61.7 Å². The Morgan fingerprint density at radius 2 is 2.00 bits per heavy atom. The molecule has 3 N–H and O–H groups in total. The first-order chi connectivity index (χ1) is 9.69. The first-order valence-electron chi connectivity index (χ1n) is 8.37. The van der Waals surface area contributed by atoms with Crippen LogP contribution < -0.4 is 5.32 Å². The molecule has 3 unspecified atom stereocenters. The number of hydrogen-bond acceptors (Lipinski definition) is 4. The second-order valence-corrected chi connectivity index (χ2v) is 6.63. The van der Waals surface area contributed by atoms with Gasteiger partial charge in [-0.1, -0.05) is 26.2 Å². The minimum atomic E-state index is -0.417. The number of aliphatic hydroxyl groups excluding tert-OH is 2. The van der Waals surface area contributed by atoms with Crippen LogP contribution in [-0.4, -0.2) is 48.2 Å². The molecule has 3 atom stereocenters. The highest BCUT2D eigenvalue weighted by Gasteiger charge is 2.27. The van der Waals surface area contributed by atoms with E-state index in [2.05, 4.69) is 12.2 Å². The highest BCUT2D eigenvalue weighted by molar-refractivity contribution is 4.80. The van der Waals surface area contributed by atoms with Crippen LogP contribution >= 0.6 is 0 Å². The Morgan fingerprint density at radius 3 is 2.70 bits per heavy atom. The summed E-state index contributed by atoms with van der Waals surface area (Å²) in [6.45, 7) is 4.17. The molecule has 4 nitrogen and oxygen atoms in total. The van der Waals surface area contributed by atoms with Crippen molar-refractivity contribution in [2.24, 2.45) is 11.8 Å². The van der Waals surface area contributed by atoms with Crippen molar-refractivity contribution in [1.29, 1.82) is 0 Å². The number of hydrogen-bond donors (Lipinski definition) is 3. The lowest BCUT2D eigenvalue weighted by Crippen LogP contribution is -2.40. The maximum atomic E-state index is 9.96. The van der Waals surface area contributed by atoms with Gasteiger partial charge in [-0.05, 0) is 44.1 Å². The van der Waals surface area contributed by atoms with Crippen LogP contribution in [0.25, 0.3) is 0 Å². The molecule has 0 saturated heterocycles. The monoisotopic (exact) mass is 285 g/mol. The van der Waals surface area contributed by atoms with Crippen LogP contribution in [0.1, 0.15) is 51.9 Å². The lowest BCUT2D eigenvalue weighted by atomic mass is 9.82. The minimum Gasteiger partial charge on any atom is -0.393 e. The molecule has 20 heavy (non-hydrogen) atoms. The van der Waals surface area contributed by atoms with E-state index in [9.17, 15) is 10.2 Å². The van der Waals surface area contributed by atoms with Crippen LogP contribution in [-0.2, 0) is 4.74 Å². The summed E-state index contributed by atoms with van der Waals surface area (Å²) < 4.78 is 5.93. The highest BCUT2D eigenvalue weighted by Crippen LogP contribution is 2.29. The largest absolute Gasteiger partial charge is 0.393 e. The molecule has 0 radical (unpaired) electrons. The fraction of sp³-hybridized carbons (Fsp3) is 1.00. The zero-order valence-corrected chi connectivity index (χ0v) is 12.8. The van der Waals surface area contributed by atoms with E-state index in [4.69, 9.17) is 4.74 Å². The summed E-state index contributed by atoms with van der Waals surface area (Å²) in [6.07, 6.45) is 7.85. The summed E-state index contributed by atoms with van der Waals surface area (Å²) >= 11 is 0. The van der Waals surface area contributed by atoms with E-state index in [-0.39, 0.29) is 6.10 Å². The molecule has 0 bridgehead atoms. The number of ether oxygens (including phenoxy) is 1. The molecule has 2 aliphatic carbocycles. The Bertz CT molecular complexity index is 268. The molecule has 0 amide bonds. The summed E-state index contributed by atoms with van der Waals surface area (Å²) in [4.78, 5) is 0. The van der Waals surface area contributed by atoms with Gasteiger partial charge < -0.3 is 20.3 Å². The molecular formula is C16H31NO3. The molecule has 0 heterocycles. The summed E-state index contributed by atoms with van der Waals surface area (Å²) in [5.41, 5.74) is 0. The molecule has 2 aliphatic rings. The standard InChI is InChI=1S/C16H31NO3/c1-2-13-5-3-4-6-16(13)20-11-15(19)10-17-9-12-7-14(18)8-12/h12-19H,2-11H2,1H3. The molecular weight excluding hydrogens is 254 g/mol.